The monoisotopic (exact) mass is 496 g/mol. The number of rotatable bonds is 5. The van der Waals surface area contributed by atoms with Crippen LogP contribution in [0.25, 0.3) is 10.9 Å². The third-order valence-electron chi connectivity index (χ3n) is 6.85. The first kappa shape index (κ1) is 22.6. The van der Waals surface area contributed by atoms with E-state index in [1.54, 1.807) is 12.3 Å². The van der Waals surface area contributed by atoms with E-state index in [0.717, 1.165) is 40.9 Å². The van der Waals surface area contributed by atoms with Crippen molar-refractivity contribution in [2.75, 3.05) is 31.2 Å². The van der Waals surface area contributed by atoms with E-state index in [2.05, 4.69) is 44.1 Å². The lowest BCUT2D eigenvalue weighted by molar-refractivity contribution is 0.301. The van der Waals surface area contributed by atoms with Gasteiger partial charge < -0.3 is 20.7 Å². The lowest BCUT2D eigenvalue weighted by Crippen LogP contribution is -2.18. The zero-order valence-electron chi connectivity index (χ0n) is 19.8. The highest BCUT2D eigenvalue weighted by molar-refractivity contribution is 6.32. The fraction of sp³-hybridized carbons (Fsp3) is 0.250. The average Bonchev–Trinajstić information content (AvgIpc) is 3.34. The van der Waals surface area contributed by atoms with Crippen LogP contribution in [0.5, 0.6) is 5.75 Å². The number of ether oxygens (including phenoxy) is 1. The number of likely N-dealkylation sites (tertiary alicyclic amines) is 1. The normalized spacial score (nSPS) is 20.4. The quantitative estimate of drug-likeness (QED) is 0.304. The van der Waals surface area contributed by atoms with E-state index in [1.165, 1.54) is 6.33 Å². The number of piperidine rings is 1. The van der Waals surface area contributed by atoms with Crippen molar-refractivity contribution >= 4 is 39.7 Å². The molecule has 2 aromatic carbocycles. The molecule has 1 saturated carbocycles. The summed E-state index contributed by atoms with van der Waals surface area (Å²) in [6.45, 7) is 2.62. The van der Waals surface area contributed by atoms with Crippen molar-refractivity contribution in [3.8, 4) is 17.6 Å². The van der Waals surface area contributed by atoms with Gasteiger partial charge in [-0.25, -0.2) is 9.97 Å². The molecule has 180 valence electrons. The molecule has 3 N–H and O–H groups in total. The predicted octanol–water partition coefficient (Wildman–Crippen LogP) is 4.74. The molecule has 2 aromatic heterocycles. The molecule has 1 aliphatic heterocycles. The Kier molecular flexibility index (Phi) is 5.84. The molecule has 1 unspecified atom stereocenters. The molecule has 6 rings (SSSR count). The molecule has 36 heavy (non-hydrogen) atoms. The minimum atomic E-state index is 0.341. The van der Waals surface area contributed by atoms with Crippen LogP contribution in [0.1, 0.15) is 11.3 Å². The van der Waals surface area contributed by atoms with Gasteiger partial charge in [-0.05, 0) is 61.3 Å². The van der Waals surface area contributed by atoms with Crippen molar-refractivity contribution in [1.82, 2.24) is 19.9 Å². The van der Waals surface area contributed by atoms with Gasteiger partial charge in [-0.15, -0.1) is 0 Å². The third kappa shape index (κ3) is 4.53. The topological polar surface area (TPSA) is 89.2 Å². The van der Waals surface area contributed by atoms with Gasteiger partial charge in [0, 0.05) is 47.5 Å². The number of benzene rings is 2. The fourth-order valence-electron chi connectivity index (χ4n) is 4.91. The summed E-state index contributed by atoms with van der Waals surface area (Å²) in [4.78, 5) is 15.5. The zero-order chi connectivity index (χ0) is 24.6. The highest BCUT2D eigenvalue weighted by Gasteiger charge is 2.53. The van der Waals surface area contributed by atoms with E-state index < -0.39 is 0 Å². The zero-order valence-corrected chi connectivity index (χ0v) is 20.5. The molecule has 7 nitrogen and oxygen atoms in total. The van der Waals surface area contributed by atoms with Crippen LogP contribution in [-0.4, -0.2) is 40.0 Å². The van der Waals surface area contributed by atoms with E-state index in [9.17, 15) is 0 Å². The Morgan fingerprint density at radius 3 is 2.75 bits per heavy atom. The number of pyridine rings is 1. The Bertz CT molecular complexity index is 1490. The van der Waals surface area contributed by atoms with E-state index in [4.69, 9.17) is 22.1 Å². The van der Waals surface area contributed by atoms with Crippen LogP contribution >= 0.6 is 11.6 Å². The van der Waals surface area contributed by atoms with Gasteiger partial charge in [0.05, 0.1) is 16.2 Å². The summed E-state index contributed by atoms with van der Waals surface area (Å²) in [6, 6.07) is 15.0. The molecular formula is C28H25ClN6O. The Morgan fingerprint density at radius 2 is 1.97 bits per heavy atom. The number of nitrogens with two attached hydrogens (primary N) is 1. The summed E-state index contributed by atoms with van der Waals surface area (Å²) in [5.41, 5.74) is 10.2. The third-order valence-corrected chi connectivity index (χ3v) is 7.15. The number of halogens is 1. The number of nitrogen functional groups attached to an aromatic ring is 1. The second kappa shape index (κ2) is 9.30. The van der Waals surface area contributed by atoms with Crippen LogP contribution in [0.2, 0.25) is 5.02 Å². The average molecular weight is 497 g/mol. The SMILES string of the molecule is CN1C[C@@H]2C(C#Cc3cc4ncnc(Nc5ccc(OCc6ccccn6)c(Cl)c5)c4cc3N)[C@@H]2C1. The Balaban J connectivity index is 1.19. The molecule has 8 heteroatoms. The van der Waals surface area contributed by atoms with Crippen molar-refractivity contribution in [1.29, 1.82) is 0 Å². The minimum absolute atomic E-state index is 0.341. The fourth-order valence-corrected chi connectivity index (χ4v) is 5.14. The predicted molar refractivity (Wildman–Crippen MR) is 142 cm³/mol. The summed E-state index contributed by atoms with van der Waals surface area (Å²) in [5, 5.41) is 4.63. The molecule has 3 heterocycles. The molecule has 2 fully saturated rings. The van der Waals surface area contributed by atoms with Crippen LogP contribution in [0.3, 0.4) is 0 Å². The molecule has 1 aliphatic carbocycles. The number of nitrogens with one attached hydrogen (secondary N) is 1. The van der Waals surface area contributed by atoms with Crippen LogP contribution in [0.4, 0.5) is 17.2 Å². The number of fused-ring (bicyclic) bond motifs is 2. The van der Waals surface area contributed by atoms with E-state index >= 15 is 0 Å². The van der Waals surface area contributed by atoms with Gasteiger partial charge in [0.25, 0.3) is 0 Å². The maximum atomic E-state index is 6.48. The van der Waals surface area contributed by atoms with Crippen molar-refractivity contribution in [3.63, 3.8) is 0 Å². The van der Waals surface area contributed by atoms with E-state index in [1.807, 2.05) is 42.5 Å². The molecule has 3 atom stereocenters. The van der Waals surface area contributed by atoms with Gasteiger partial charge in [0.2, 0.25) is 0 Å². The van der Waals surface area contributed by atoms with Gasteiger partial charge in [-0.3, -0.25) is 4.98 Å². The molecular weight excluding hydrogens is 472 g/mol. The van der Waals surface area contributed by atoms with Crippen LogP contribution in [0, 0.1) is 29.6 Å². The standard InChI is InChI=1S/C28H25ClN6O/c1-35-13-22-20(23(22)14-35)7-5-17-10-26-21(12-25(17)30)28(33-16-32-26)34-18-6-8-27(24(29)11-18)36-15-19-4-2-3-9-31-19/h2-4,6,8-12,16,20,22-23H,13-15,30H2,1H3,(H,32,33,34)/t20?,22-,23+. The number of nitrogens with zero attached hydrogens (tertiary/aromatic N) is 4. The highest BCUT2D eigenvalue weighted by Crippen LogP contribution is 2.50. The molecule has 4 aromatic rings. The van der Waals surface area contributed by atoms with E-state index in [-0.39, 0.29) is 0 Å². The van der Waals surface area contributed by atoms with Crippen LogP contribution in [-0.2, 0) is 6.61 Å². The second-order valence-electron chi connectivity index (χ2n) is 9.40. The lowest BCUT2D eigenvalue weighted by Gasteiger charge is -2.12. The number of hydrogen-bond acceptors (Lipinski definition) is 7. The van der Waals surface area contributed by atoms with Crippen molar-refractivity contribution < 1.29 is 4.74 Å². The molecule has 0 spiro atoms. The van der Waals surface area contributed by atoms with Gasteiger partial charge >= 0.3 is 0 Å². The number of anilines is 3. The largest absolute Gasteiger partial charge is 0.486 e. The van der Waals surface area contributed by atoms with Gasteiger partial charge in [0.15, 0.2) is 0 Å². The van der Waals surface area contributed by atoms with Crippen molar-refractivity contribution in [2.24, 2.45) is 17.8 Å². The van der Waals surface area contributed by atoms with Crippen LogP contribution < -0.4 is 15.8 Å². The summed E-state index contributed by atoms with van der Waals surface area (Å²) in [7, 11) is 2.17. The maximum absolute atomic E-state index is 6.48. The number of hydrogen-bond donors (Lipinski definition) is 2. The summed E-state index contributed by atoms with van der Waals surface area (Å²) >= 11 is 6.48. The maximum Gasteiger partial charge on any atom is 0.141 e. The first-order valence-electron chi connectivity index (χ1n) is 11.9. The van der Waals surface area contributed by atoms with E-state index in [0.29, 0.717) is 46.6 Å². The van der Waals surface area contributed by atoms with Crippen molar-refractivity contribution in [2.45, 2.75) is 6.61 Å². The molecule has 0 bridgehead atoms. The molecule has 0 amide bonds. The lowest BCUT2D eigenvalue weighted by atomic mass is 10.1. The van der Waals surface area contributed by atoms with Crippen LogP contribution in [0.15, 0.2) is 61.1 Å². The van der Waals surface area contributed by atoms with Gasteiger partial charge in [0.1, 0.15) is 24.5 Å². The van der Waals surface area contributed by atoms with Gasteiger partial charge in [-0.2, -0.15) is 0 Å². The molecule has 1 saturated heterocycles. The Hall–Kier alpha value is -3.86. The second-order valence-corrected chi connectivity index (χ2v) is 9.81. The summed E-state index contributed by atoms with van der Waals surface area (Å²) < 4.78 is 5.82. The minimum Gasteiger partial charge on any atom is -0.486 e. The number of aromatic nitrogens is 3. The Morgan fingerprint density at radius 1 is 1.11 bits per heavy atom. The van der Waals surface area contributed by atoms with Gasteiger partial charge in [-0.1, -0.05) is 29.5 Å². The smallest absolute Gasteiger partial charge is 0.141 e. The molecule has 2 aliphatic rings. The summed E-state index contributed by atoms with van der Waals surface area (Å²) in [6.07, 6.45) is 3.27. The van der Waals surface area contributed by atoms with Crippen molar-refractivity contribution in [3.05, 3.63) is 77.3 Å². The highest BCUT2D eigenvalue weighted by atomic mass is 35.5. The summed E-state index contributed by atoms with van der Waals surface area (Å²) in [5.74, 6) is 9.88. The first-order chi connectivity index (χ1) is 17.5. The molecule has 0 radical (unpaired) electrons. The first-order valence-corrected chi connectivity index (χ1v) is 12.3. The Labute approximate surface area is 214 Å².